The van der Waals surface area contributed by atoms with E-state index in [9.17, 15) is 4.79 Å². The van der Waals surface area contributed by atoms with Gasteiger partial charge in [0.1, 0.15) is 5.54 Å². The van der Waals surface area contributed by atoms with Crippen molar-refractivity contribution in [2.45, 2.75) is 45.6 Å². The molecule has 0 radical (unpaired) electrons. The van der Waals surface area contributed by atoms with Gasteiger partial charge in [-0.2, -0.15) is 0 Å². The summed E-state index contributed by atoms with van der Waals surface area (Å²) in [6.07, 6.45) is 2.76. The summed E-state index contributed by atoms with van der Waals surface area (Å²) in [7, 11) is 3.49. The summed E-state index contributed by atoms with van der Waals surface area (Å²) in [4.78, 5) is 13.7. The van der Waals surface area contributed by atoms with E-state index >= 15 is 0 Å². The van der Waals surface area contributed by atoms with Crippen LogP contribution in [0.15, 0.2) is 0 Å². The molecule has 0 bridgehead atoms. The molecule has 0 fully saturated rings. The molecule has 0 rings (SSSR count). The number of carbonyl (C=O) groups excluding carboxylic acids is 1. The molecule has 0 aromatic heterocycles. The number of ether oxygens (including phenoxy) is 1. The number of methoxy groups -OCH3 is 1. The van der Waals surface area contributed by atoms with Gasteiger partial charge in [0.2, 0.25) is 0 Å². The largest absolute Gasteiger partial charge is 0.468 e. The van der Waals surface area contributed by atoms with Crippen LogP contribution in [-0.2, 0) is 9.53 Å². The third kappa shape index (κ3) is 6.64. The number of esters is 1. The number of carbonyl (C=O) groups is 1. The van der Waals surface area contributed by atoms with Crippen molar-refractivity contribution in [1.82, 2.24) is 4.90 Å². The maximum Gasteiger partial charge on any atom is 0.325 e. The second-order valence-corrected chi connectivity index (χ2v) is 5.29. The molecular weight excluding hydrogens is 216 g/mol. The molecule has 4 heteroatoms. The predicted octanol–water partition coefficient (Wildman–Crippen LogP) is 1.63. The first-order valence-electron chi connectivity index (χ1n) is 6.39. The van der Waals surface area contributed by atoms with Gasteiger partial charge in [-0.15, -0.1) is 0 Å². The maximum atomic E-state index is 11.4. The second kappa shape index (κ2) is 7.67. The Hall–Kier alpha value is -0.610. The lowest BCUT2D eigenvalue weighted by atomic mass is 9.97. The zero-order chi connectivity index (χ0) is 13.5. The minimum Gasteiger partial charge on any atom is -0.468 e. The van der Waals surface area contributed by atoms with Crippen molar-refractivity contribution in [3.63, 3.8) is 0 Å². The molecule has 17 heavy (non-hydrogen) atoms. The Labute approximate surface area is 105 Å². The average Bonchev–Trinajstić information content (AvgIpc) is 2.27. The van der Waals surface area contributed by atoms with Gasteiger partial charge >= 0.3 is 5.97 Å². The van der Waals surface area contributed by atoms with Gasteiger partial charge in [-0.25, -0.2) is 0 Å². The third-order valence-electron chi connectivity index (χ3n) is 3.21. The Morgan fingerprint density at radius 2 is 2.12 bits per heavy atom. The van der Waals surface area contributed by atoms with Gasteiger partial charge in [0.15, 0.2) is 0 Å². The molecule has 102 valence electrons. The highest BCUT2D eigenvalue weighted by Crippen LogP contribution is 2.12. The molecule has 0 amide bonds. The summed E-state index contributed by atoms with van der Waals surface area (Å²) in [5.74, 6) is 0.381. The fourth-order valence-electron chi connectivity index (χ4n) is 1.80. The van der Waals surface area contributed by atoms with Crippen LogP contribution in [0, 0.1) is 5.92 Å². The number of hydrogen-bond donors (Lipinski definition) is 1. The first kappa shape index (κ1) is 16.4. The van der Waals surface area contributed by atoms with Gasteiger partial charge in [0, 0.05) is 6.54 Å². The fourth-order valence-corrected chi connectivity index (χ4v) is 1.80. The van der Waals surface area contributed by atoms with E-state index < -0.39 is 5.54 Å². The molecule has 0 aromatic rings. The Morgan fingerprint density at radius 3 is 2.59 bits per heavy atom. The van der Waals surface area contributed by atoms with E-state index in [0.717, 1.165) is 19.5 Å². The summed E-state index contributed by atoms with van der Waals surface area (Å²) in [5, 5.41) is 0. The van der Waals surface area contributed by atoms with E-state index in [0.29, 0.717) is 12.3 Å². The SMILES string of the molecule is CCC(C)CN(C)CCCC(C)(N)C(=O)OC. The topological polar surface area (TPSA) is 55.6 Å². The monoisotopic (exact) mass is 244 g/mol. The highest BCUT2D eigenvalue weighted by molar-refractivity contribution is 5.79. The Bertz CT molecular complexity index is 229. The normalized spacial score (nSPS) is 16.6. The van der Waals surface area contributed by atoms with Crippen molar-refractivity contribution >= 4 is 5.97 Å². The molecular formula is C13H28N2O2. The van der Waals surface area contributed by atoms with Crippen molar-refractivity contribution in [3.05, 3.63) is 0 Å². The Balaban J connectivity index is 3.86. The summed E-state index contributed by atoms with van der Waals surface area (Å²) in [5.41, 5.74) is 5.04. The van der Waals surface area contributed by atoms with Gasteiger partial charge in [0.25, 0.3) is 0 Å². The highest BCUT2D eigenvalue weighted by Gasteiger charge is 2.28. The lowest BCUT2D eigenvalue weighted by Gasteiger charge is -2.24. The number of nitrogens with two attached hydrogens (primary N) is 1. The molecule has 2 atom stereocenters. The lowest BCUT2D eigenvalue weighted by molar-refractivity contribution is -0.146. The fraction of sp³-hybridized carbons (Fsp3) is 0.923. The van der Waals surface area contributed by atoms with Gasteiger partial charge in [-0.1, -0.05) is 20.3 Å². The minimum atomic E-state index is -0.855. The van der Waals surface area contributed by atoms with E-state index in [1.165, 1.54) is 13.5 Å². The first-order chi connectivity index (χ1) is 7.83. The average molecular weight is 244 g/mol. The lowest BCUT2D eigenvalue weighted by Crippen LogP contribution is -2.46. The van der Waals surface area contributed by atoms with E-state index in [4.69, 9.17) is 5.73 Å². The molecule has 0 aliphatic rings. The molecule has 2 unspecified atom stereocenters. The molecule has 0 saturated carbocycles. The van der Waals surface area contributed by atoms with Crippen LogP contribution in [0.25, 0.3) is 0 Å². The van der Waals surface area contributed by atoms with Crippen LogP contribution in [0.3, 0.4) is 0 Å². The zero-order valence-electron chi connectivity index (χ0n) is 12.0. The van der Waals surface area contributed by atoms with Crippen molar-refractivity contribution in [3.8, 4) is 0 Å². The summed E-state index contributed by atoms with van der Waals surface area (Å²) < 4.78 is 4.68. The molecule has 0 spiro atoms. The third-order valence-corrected chi connectivity index (χ3v) is 3.21. The van der Waals surface area contributed by atoms with Crippen LogP contribution in [-0.4, -0.2) is 43.7 Å². The van der Waals surface area contributed by atoms with Gasteiger partial charge in [-0.05, 0) is 39.3 Å². The van der Waals surface area contributed by atoms with Crippen molar-refractivity contribution in [2.24, 2.45) is 11.7 Å². The van der Waals surface area contributed by atoms with Crippen molar-refractivity contribution in [1.29, 1.82) is 0 Å². The quantitative estimate of drug-likeness (QED) is 0.659. The first-order valence-corrected chi connectivity index (χ1v) is 6.39. The van der Waals surface area contributed by atoms with Crippen LogP contribution in [0.4, 0.5) is 0 Å². The molecule has 2 N–H and O–H groups in total. The zero-order valence-corrected chi connectivity index (χ0v) is 12.0. The van der Waals surface area contributed by atoms with E-state index in [2.05, 4.69) is 30.5 Å². The summed E-state index contributed by atoms with van der Waals surface area (Å²) in [6, 6.07) is 0. The van der Waals surface area contributed by atoms with Crippen LogP contribution in [0.2, 0.25) is 0 Å². The highest BCUT2D eigenvalue weighted by atomic mass is 16.5. The van der Waals surface area contributed by atoms with Crippen LogP contribution in [0.5, 0.6) is 0 Å². The maximum absolute atomic E-state index is 11.4. The summed E-state index contributed by atoms with van der Waals surface area (Å²) in [6.45, 7) is 8.24. The summed E-state index contributed by atoms with van der Waals surface area (Å²) >= 11 is 0. The minimum absolute atomic E-state index is 0.331. The number of hydrogen-bond acceptors (Lipinski definition) is 4. The van der Waals surface area contributed by atoms with E-state index in [1.807, 2.05) is 0 Å². The van der Waals surface area contributed by atoms with Crippen molar-refractivity contribution in [2.75, 3.05) is 27.2 Å². The molecule has 0 aromatic carbocycles. The van der Waals surface area contributed by atoms with Crippen LogP contribution in [0.1, 0.15) is 40.0 Å². The standard InChI is InChI=1S/C13H28N2O2/c1-6-11(2)10-15(4)9-7-8-13(3,14)12(16)17-5/h11H,6-10,14H2,1-5H3. The number of rotatable bonds is 8. The molecule has 4 nitrogen and oxygen atoms in total. The number of nitrogens with zero attached hydrogens (tertiary/aromatic N) is 1. The molecule has 0 aliphatic heterocycles. The molecule has 0 heterocycles. The Kier molecular flexibility index (Phi) is 7.39. The molecule has 0 aliphatic carbocycles. The Morgan fingerprint density at radius 1 is 1.53 bits per heavy atom. The van der Waals surface area contributed by atoms with E-state index in [1.54, 1.807) is 6.92 Å². The van der Waals surface area contributed by atoms with Gasteiger partial charge in [-0.3, -0.25) is 4.79 Å². The van der Waals surface area contributed by atoms with Crippen LogP contribution >= 0.6 is 0 Å². The van der Waals surface area contributed by atoms with E-state index in [-0.39, 0.29) is 5.97 Å². The smallest absolute Gasteiger partial charge is 0.325 e. The molecule has 0 saturated heterocycles. The second-order valence-electron chi connectivity index (χ2n) is 5.29. The van der Waals surface area contributed by atoms with Crippen molar-refractivity contribution < 1.29 is 9.53 Å². The van der Waals surface area contributed by atoms with Crippen LogP contribution < -0.4 is 5.73 Å². The van der Waals surface area contributed by atoms with Gasteiger partial charge in [0.05, 0.1) is 7.11 Å². The van der Waals surface area contributed by atoms with Gasteiger partial charge < -0.3 is 15.4 Å². The predicted molar refractivity (Wildman–Crippen MR) is 70.8 cm³/mol.